The average molecular weight is 301 g/mol. The van der Waals surface area contributed by atoms with Crippen LogP contribution in [0.3, 0.4) is 0 Å². The van der Waals surface area contributed by atoms with E-state index in [1.807, 2.05) is 0 Å². The molecule has 1 saturated heterocycles. The van der Waals surface area contributed by atoms with E-state index in [1.54, 1.807) is 35.4 Å². The number of amides is 1. The summed E-state index contributed by atoms with van der Waals surface area (Å²) in [4.78, 5) is 25.8. The van der Waals surface area contributed by atoms with Gasteiger partial charge in [0.15, 0.2) is 5.76 Å². The van der Waals surface area contributed by atoms with Crippen molar-refractivity contribution in [1.29, 1.82) is 0 Å². The Kier molecular flexibility index (Phi) is 4.11. The summed E-state index contributed by atoms with van der Waals surface area (Å²) in [6, 6.07) is 8.39. The molecular formula is C16H19N3O3. The zero-order valence-corrected chi connectivity index (χ0v) is 12.3. The van der Waals surface area contributed by atoms with Crippen LogP contribution in [0.25, 0.3) is 0 Å². The van der Waals surface area contributed by atoms with Crippen molar-refractivity contribution in [3.63, 3.8) is 0 Å². The van der Waals surface area contributed by atoms with Gasteiger partial charge in [-0.1, -0.05) is 6.07 Å². The number of carbonyl (C=O) groups is 1. The molecule has 6 nitrogen and oxygen atoms in total. The van der Waals surface area contributed by atoms with Crippen LogP contribution in [-0.2, 0) is 6.54 Å². The maximum atomic E-state index is 12.4. The van der Waals surface area contributed by atoms with Crippen LogP contribution < -0.4 is 11.3 Å². The molecule has 2 N–H and O–H groups in total. The maximum absolute atomic E-state index is 12.4. The van der Waals surface area contributed by atoms with Crippen LogP contribution in [0.2, 0.25) is 0 Å². The molecule has 1 amide bonds. The van der Waals surface area contributed by atoms with Crippen molar-refractivity contribution in [3.05, 3.63) is 58.4 Å². The number of rotatable bonds is 3. The second-order valence-corrected chi connectivity index (χ2v) is 5.59. The van der Waals surface area contributed by atoms with E-state index in [-0.39, 0.29) is 17.5 Å². The maximum Gasteiger partial charge on any atom is 0.289 e. The highest BCUT2D eigenvalue weighted by Crippen LogP contribution is 2.15. The molecule has 0 aromatic carbocycles. The Labute approximate surface area is 128 Å². The molecule has 0 radical (unpaired) electrons. The predicted molar refractivity (Wildman–Crippen MR) is 81.6 cm³/mol. The minimum absolute atomic E-state index is 0.0371. The molecular weight excluding hydrogens is 282 g/mol. The molecule has 3 rings (SSSR count). The zero-order chi connectivity index (χ0) is 15.5. The van der Waals surface area contributed by atoms with Crippen LogP contribution in [0.15, 0.2) is 45.7 Å². The molecule has 1 aliphatic rings. The van der Waals surface area contributed by atoms with Gasteiger partial charge in [-0.3, -0.25) is 9.59 Å². The normalized spacial score (nSPS) is 18.4. The van der Waals surface area contributed by atoms with Gasteiger partial charge in [0.25, 0.3) is 11.5 Å². The third-order valence-electron chi connectivity index (χ3n) is 3.84. The Bertz CT molecular complexity index is 719. The van der Waals surface area contributed by atoms with Crippen molar-refractivity contribution in [2.24, 2.45) is 5.73 Å². The zero-order valence-electron chi connectivity index (χ0n) is 12.3. The first-order chi connectivity index (χ1) is 10.6. The lowest BCUT2D eigenvalue weighted by molar-refractivity contribution is 0.0674. The summed E-state index contributed by atoms with van der Waals surface area (Å²) in [6.45, 7) is 1.58. The van der Waals surface area contributed by atoms with Crippen LogP contribution in [0.5, 0.6) is 0 Å². The van der Waals surface area contributed by atoms with E-state index in [4.69, 9.17) is 10.2 Å². The van der Waals surface area contributed by atoms with Gasteiger partial charge in [-0.05, 0) is 31.0 Å². The molecule has 0 spiro atoms. The molecule has 116 valence electrons. The van der Waals surface area contributed by atoms with Gasteiger partial charge in [-0.25, -0.2) is 0 Å². The molecule has 0 aliphatic carbocycles. The van der Waals surface area contributed by atoms with Crippen LogP contribution in [-0.4, -0.2) is 34.5 Å². The van der Waals surface area contributed by atoms with E-state index < -0.39 is 0 Å². The lowest BCUT2D eigenvalue weighted by Gasteiger charge is -2.30. The van der Waals surface area contributed by atoms with E-state index in [0.717, 1.165) is 12.8 Å². The predicted octanol–water partition coefficient (Wildman–Crippen LogP) is 1.05. The van der Waals surface area contributed by atoms with Gasteiger partial charge in [0, 0.05) is 31.4 Å². The number of carbonyl (C=O) groups excluding carboxylic acids is 1. The number of pyridine rings is 1. The van der Waals surface area contributed by atoms with Gasteiger partial charge < -0.3 is 19.6 Å². The van der Waals surface area contributed by atoms with Crippen molar-refractivity contribution in [1.82, 2.24) is 9.47 Å². The summed E-state index contributed by atoms with van der Waals surface area (Å²) >= 11 is 0. The third kappa shape index (κ3) is 3.12. The van der Waals surface area contributed by atoms with Crippen LogP contribution in [0.4, 0.5) is 0 Å². The molecule has 1 aliphatic heterocycles. The largest absolute Gasteiger partial charge is 0.454 e. The standard InChI is InChI=1S/C16H19N3O3/c17-12-4-3-9-19(10-12)16(21)14-7-6-13(22-14)11-18-8-2-1-5-15(18)20/h1-2,5-8,12H,3-4,9-11,17H2. The Morgan fingerprint density at radius 1 is 1.32 bits per heavy atom. The number of piperidine rings is 1. The van der Waals surface area contributed by atoms with Crippen molar-refractivity contribution in [3.8, 4) is 0 Å². The fourth-order valence-electron chi connectivity index (χ4n) is 2.69. The first-order valence-electron chi connectivity index (χ1n) is 7.42. The topological polar surface area (TPSA) is 81.5 Å². The summed E-state index contributed by atoms with van der Waals surface area (Å²) in [5.74, 6) is 0.743. The second-order valence-electron chi connectivity index (χ2n) is 5.59. The Morgan fingerprint density at radius 3 is 2.95 bits per heavy atom. The summed E-state index contributed by atoms with van der Waals surface area (Å²) < 4.78 is 7.13. The van der Waals surface area contributed by atoms with Gasteiger partial charge in [-0.15, -0.1) is 0 Å². The smallest absolute Gasteiger partial charge is 0.289 e. The molecule has 22 heavy (non-hydrogen) atoms. The Morgan fingerprint density at radius 2 is 2.18 bits per heavy atom. The minimum atomic E-state index is -0.137. The molecule has 3 heterocycles. The van der Waals surface area contributed by atoms with E-state index >= 15 is 0 Å². The highest BCUT2D eigenvalue weighted by Gasteiger charge is 2.24. The summed E-state index contributed by atoms with van der Waals surface area (Å²) in [5, 5.41) is 0. The Hall–Kier alpha value is -2.34. The third-order valence-corrected chi connectivity index (χ3v) is 3.84. The van der Waals surface area contributed by atoms with Gasteiger partial charge in [0.1, 0.15) is 5.76 Å². The number of nitrogens with two attached hydrogens (primary N) is 1. The first kappa shape index (κ1) is 14.6. The summed E-state index contributed by atoms with van der Waals surface area (Å²) in [7, 11) is 0. The fourth-order valence-corrected chi connectivity index (χ4v) is 2.69. The highest BCUT2D eigenvalue weighted by molar-refractivity contribution is 5.91. The van der Waals surface area contributed by atoms with Gasteiger partial charge in [0.05, 0.1) is 6.54 Å². The van der Waals surface area contributed by atoms with Crippen molar-refractivity contribution in [2.75, 3.05) is 13.1 Å². The fraction of sp³-hybridized carbons (Fsp3) is 0.375. The Balaban J connectivity index is 1.72. The number of likely N-dealkylation sites (tertiary alicyclic amines) is 1. The minimum Gasteiger partial charge on any atom is -0.454 e. The quantitative estimate of drug-likeness (QED) is 0.919. The molecule has 6 heteroatoms. The van der Waals surface area contributed by atoms with Gasteiger partial charge in [-0.2, -0.15) is 0 Å². The SMILES string of the molecule is NC1CCCN(C(=O)c2ccc(Cn3ccccc3=O)o2)C1. The molecule has 1 fully saturated rings. The molecule has 2 aromatic heterocycles. The second kappa shape index (κ2) is 6.19. The van der Waals surface area contributed by atoms with E-state index in [0.29, 0.717) is 31.2 Å². The van der Waals surface area contributed by atoms with E-state index in [9.17, 15) is 9.59 Å². The molecule has 1 unspecified atom stereocenters. The number of hydrogen-bond donors (Lipinski definition) is 1. The van der Waals surface area contributed by atoms with Gasteiger partial charge >= 0.3 is 0 Å². The number of aromatic nitrogens is 1. The number of hydrogen-bond acceptors (Lipinski definition) is 4. The molecule has 2 aromatic rings. The van der Waals surface area contributed by atoms with E-state index in [2.05, 4.69) is 0 Å². The van der Waals surface area contributed by atoms with Crippen molar-refractivity contribution < 1.29 is 9.21 Å². The van der Waals surface area contributed by atoms with E-state index in [1.165, 1.54) is 10.6 Å². The van der Waals surface area contributed by atoms with Crippen LogP contribution >= 0.6 is 0 Å². The summed E-state index contributed by atoms with van der Waals surface area (Å²) in [6.07, 6.45) is 3.56. The van der Waals surface area contributed by atoms with Crippen molar-refractivity contribution >= 4 is 5.91 Å². The molecule has 1 atom stereocenters. The van der Waals surface area contributed by atoms with Crippen molar-refractivity contribution in [2.45, 2.75) is 25.4 Å². The number of nitrogens with zero attached hydrogens (tertiary/aromatic N) is 2. The average Bonchev–Trinajstić information content (AvgIpc) is 2.97. The summed E-state index contributed by atoms with van der Waals surface area (Å²) in [5.41, 5.74) is 5.80. The molecule has 0 bridgehead atoms. The monoisotopic (exact) mass is 301 g/mol. The highest BCUT2D eigenvalue weighted by atomic mass is 16.4. The lowest BCUT2D eigenvalue weighted by atomic mass is 10.1. The number of furan rings is 1. The first-order valence-corrected chi connectivity index (χ1v) is 7.42. The van der Waals surface area contributed by atoms with Gasteiger partial charge in [0.2, 0.25) is 0 Å². The van der Waals surface area contributed by atoms with Crippen LogP contribution in [0.1, 0.15) is 29.2 Å². The lowest BCUT2D eigenvalue weighted by Crippen LogP contribution is -2.45. The van der Waals surface area contributed by atoms with Crippen LogP contribution in [0, 0.1) is 0 Å². The molecule has 0 saturated carbocycles.